The number of azide groups is 1. The van der Waals surface area contributed by atoms with Crippen LogP contribution >= 0.6 is 0 Å². The van der Waals surface area contributed by atoms with E-state index in [1.54, 1.807) is 24.3 Å². The van der Waals surface area contributed by atoms with E-state index in [4.69, 9.17) is 0 Å². The van der Waals surface area contributed by atoms with Gasteiger partial charge in [-0.25, -0.2) is 0 Å². The van der Waals surface area contributed by atoms with Gasteiger partial charge >= 0.3 is 0 Å². The second-order valence-corrected chi connectivity index (χ2v) is 5.33. The average molecular weight is 313 g/mol. The van der Waals surface area contributed by atoms with Crippen LogP contribution in [0.5, 0.6) is 0 Å². The van der Waals surface area contributed by atoms with E-state index < -0.39 is 5.54 Å². The van der Waals surface area contributed by atoms with Crippen molar-refractivity contribution in [3.63, 3.8) is 0 Å². The van der Waals surface area contributed by atoms with Crippen molar-refractivity contribution < 1.29 is 4.79 Å². The maximum atomic E-state index is 13.4. The highest BCUT2D eigenvalue weighted by atomic mass is 16.1. The van der Waals surface area contributed by atoms with Crippen LogP contribution in [0, 0.1) is 0 Å². The molecule has 0 unspecified atom stereocenters. The number of ketones is 1. The van der Waals surface area contributed by atoms with Gasteiger partial charge in [-0.2, -0.15) is 0 Å². The number of carbonyl (C=O) groups is 1. The first-order valence-electron chi connectivity index (χ1n) is 7.56. The molecular formula is C20H15N3O. The fourth-order valence-corrected chi connectivity index (χ4v) is 2.81. The fourth-order valence-electron chi connectivity index (χ4n) is 2.81. The number of benzene rings is 3. The summed E-state index contributed by atoms with van der Waals surface area (Å²) in [5.74, 6) is -0.252. The van der Waals surface area contributed by atoms with E-state index in [0.717, 1.165) is 0 Å². The molecule has 3 aromatic carbocycles. The monoisotopic (exact) mass is 313 g/mol. The Kier molecular flexibility index (Phi) is 4.41. The Hall–Kier alpha value is -3.36. The minimum absolute atomic E-state index is 0.252. The van der Waals surface area contributed by atoms with Crippen molar-refractivity contribution in [1.29, 1.82) is 0 Å². The van der Waals surface area contributed by atoms with Crippen LogP contribution in [0.3, 0.4) is 0 Å². The van der Waals surface area contributed by atoms with Crippen molar-refractivity contribution in [2.24, 2.45) is 5.11 Å². The van der Waals surface area contributed by atoms with Crippen LogP contribution in [0.1, 0.15) is 21.5 Å². The molecule has 4 nitrogen and oxygen atoms in total. The molecule has 0 saturated heterocycles. The number of carbonyl (C=O) groups excluding carboxylic acids is 1. The first-order valence-corrected chi connectivity index (χ1v) is 7.56. The zero-order chi connectivity index (χ0) is 16.8. The third-order valence-corrected chi connectivity index (χ3v) is 3.94. The molecule has 0 saturated carbocycles. The molecule has 0 amide bonds. The molecule has 0 spiro atoms. The summed E-state index contributed by atoms with van der Waals surface area (Å²) in [6.07, 6.45) is 0. The standard InChI is InChI=1S/C20H15N3O/c21-23-22-20(17-12-6-2-7-13-17,18-14-8-3-9-15-18)19(24)16-10-4-1-5-11-16/h1-15H. The summed E-state index contributed by atoms with van der Waals surface area (Å²) in [7, 11) is 0. The van der Waals surface area contributed by atoms with Gasteiger partial charge in [-0.05, 0) is 16.7 Å². The Morgan fingerprint density at radius 2 is 1.17 bits per heavy atom. The van der Waals surface area contributed by atoms with E-state index in [-0.39, 0.29) is 5.78 Å². The van der Waals surface area contributed by atoms with Crippen molar-refractivity contribution >= 4 is 5.78 Å². The Bertz CT molecular complexity index is 831. The lowest BCUT2D eigenvalue weighted by Gasteiger charge is -2.28. The van der Waals surface area contributed by atoms with E-state index in [1.165, 1.54) is 0 Å². The van der Waals surface area contributed by atoms with E-state index in [1.807, 2.05) is 66.7 Å². The molecule has 4 heteroatoms. The molecule has 0 radical (unpaired) electrons. The Labute approximate surface area is 140 Å². The van der Waals surface area contributed by atoms with Crippen LogP contribution in [0.2, 0.25) is 0 Å². The lowest BCUT2D eigenvalue weighted by molar-refractivity contribution is 0.0915. The Morgan fingerprint density at radius 1 is 0.750 bits per heavy atom. The number of hydrogen-bond acceptors (Lipinski definition) is 2. The van der Waals surface area contributed by atoms with Gasteiger partial charge in [-0.1, -0.05) is 96.1 Å². The molecule has 3 aromatic rings. The summed E-state index contributed by atoms with van der Waals surface area (Å²) in [5, 5.41) is 4.00. The first-order chi connectivity index (χ1) is 11.8. The van der Waals surface area contributed by atoms with Gasteiger partial charge in [0.2, 0.25) is 0 Å². The van der Waals surface area contributed by atoms with Crippen LogP contribution < -0.4 is 0 Å². The van der Waals surface area contributed by atoms with Crippen molar-refractivity contribution in [3.8, 4) is 0 Å². The van der Waals surface area contributed by atoms with Gasteiger partial charge < -0.3 is 0 Å². The van der Waals surface area contributed by atoms with Gasteiger partial charge in [0, 0.05) is 10.5 Å². The minimum atomic E-state index is -1.43. The topological polar surface area (TPSA) is 65.8 Å². The van der Waals surface area contributed by atoms with Crippen molar-refractivity contribution in [3.05, 3.63) is 118 Å². The van der Waals surface area contributed by atoms with Crippen LogP contribution in [-0.4, -0.2) is 5.78 Å². The molecule has 0 aliphatic rings. The van der Waals surface area contributed by atoms with Gasteiger partial charge in [0.05, 0.1) is 0 Å². The summed E-state index contributed by atoms with van der Waals surface area (Å²) in [5.41, 5.74) is 9.58. The van der Waals surface area contributed by atoms with Crippen molar-refractivity contribution in [2.45, 2.75) is 5.54 Å². The molecule has 0 aliphatic carbocycles. The Morgan fingerprint density at radius 3 is 1.58 bits per heavy atom. The van der Waals surface area contributed by atoms with Gasteiger partial charge in [0.1, 0.15) is 0 Å². The molecule has 0 fully saturated rings. The molecule has 0 aliphatic heterocycles. The normalized spacial score (nSPS) is 10.7. The van der Waals surface area contributed by atoms with Gasteiger partial charge in [-0.3, -0.25) is 4.79 Å². The SMILES string of the molecule is [N-]=[N+]=NC(C(=O)c1ccccc1)(c1ccccc1)c1ccccc1. The minimum Gasteiger partial charge on any atom is -0.293 e. The van der Waals surface area contributed by atoms with E-state index in [0.29, 0.717) is 16.7 Å². The van der Waals surface area contributed by atoms with Gasteiger partial charge in [0.25, 0.3) is 0 Å². The molecule has 0 aromatic heterocycles. The average Bonchev–Trinajstić information content (AvgIpc) is 2.68. The lowest BCUT2D eigenvalue weighted by atomic mass is 9.78. The number of rotatable bonds is 5. The molecule has 116 valence electrons. The molecular weight excluding hydrogens is 298 g/mol. The van der Waals surface area contributed by atoms with E-state index in [2.05, 4.69) is 10.0 Å². The quantitative estimate of drug-likeness (QED) is 0.279. The Balaban J connectivity index is 2.31. The zero-order valence-electron chi connectivity index (χ0n) is 12.9. The third kappa shape index (κ3) is 2.67. The molecule has 0 bridgehead atoms. The van der Waals surface area contributed by atoms with Crippen LogP contribution in [0.25, 0.3) is 10.4 Å². The smallest absolute Gasteiger partial charge is 0.183 e. The lowest BCUT2D eigenvalue weighted by Crippen LogP contribution is -2.35. The van der Waals surface area contributed by atoms with E-state index in [9.17, 15) is 10.3 Å². The predicted molar refractivity (Wildman–Crippen MR) is 93.6 cm³/mol. The highest BCUT2D eigenvalue weighted by Gasteiger charge is 2.41. The highest BCUT2D eigenvalue weighted by Crippen LogP contribution is 2.37. The zero-order valence-corrected chi connectivity index (χ0v) is 12.9. The second-order valence-electron chi connectivity index (χ2n) is 5.33. The summed E-state index contributed by atoms with van der Waals surface area (Å²) in [4.78, 5) is 16.4. The summed E-state index contributed by atoms with van der Waals surface area (Å²) < 4.78 is 0. The highest BCUT2D eigenvalue weighted by molar-refractivity contribution is 6.06. The number of Topliss-reactive ketones (excluding diaryl/α,β-unsaturated/α-hetero) is 1. The number of nitrogens with zero attached hydrogens (tertiary/aromatic N) is 3. The van der Waals surface area contributed by atoms with Crippen LogP contribution in [-0.2, 0) is 5.54 Å². The maximum absolute atomic E-state index is 13.4. The molecule has 0 N–H and O–H groups in total. The molecule has 0 atom stereocenters. The van der Waals surface area contributed by atoms with Gasteiger partial charge in [-0.15, -0.1) is 0 Å². The first kappa shape index (κ1) is 15.5. The number of hydrogen-bond donors (Lipinski definition) is 0. The van der Waals surface area contributed by atoms with Gasteiger partial charge in [0.15, 0.2) is 11.3 Å². The maximum Gasteiger partial charge on any atom is 0.183 e. The molecule has 24 heavy (non-hydrogen) atoms. The molecule has 0 heterocycles. The molecule has 3 rings (SSSR count). The summed E-state index contributed by atoms with van der Waals surface area (Å²) >= 11 is 0. The largest absolute Gasteiger partial charge is 0.293 e. The summed E-state index contributed by atoms with van der Waals surface area (Å²) in [6, 6.07) is 27.2. The van der Waals surface area contributed by atoms with Crippen LogP contribution in [0.15, 0.2) is 96.1 Å². The predicted octanol–water partition coefficient (Wildman–Crippen LogP) is 5.12. The van der Waals surface area contributed by atoms with Crippen molar-refractivity contribution in [2.75, 3.05) is 0 Å². The third-order valence-electron chi connectivity index (χ3n) is 3.94. The van der Waals surface area contributed by atoms with Crippen LogP contribution in [0.4, 0.5) is 0 Å². The fraction of sp³-hybridized carbons (Fsp3) is 0.0500. The summed E-state index contributed by atoms with van der Waals surface area (Å²) in [6.45, 7) is 0. The van der Waals surface area contributed by atoms with E-state index >= 15 is 0 Å². The van der Waals surface area contributed by atoms with Crippen molar-refractivity contribution in [1.82, 2.24) is 0 Å². The second kappa shape index (κ2) is 6.82.